The van der Waals surface area contributed by atoms with E-state index >= 15 is 0 Å². The topological polar surface area (TPSA) is 67.4 Å². The Morgan fingerprint density at radius 1 is 1.17 bits per heavy atom. The van der Waals surface area contributed by atoms with Gasteiger partial charge in [0.1, 0.15) is 6.04 Å². The van der Waals surface area contributed by atoms with Crippen LogP contribution in [0, 0.1) is 0 Å². The van der Waals surface area contributed by atoms with E-state index in [1.807, 2.05) is 30.3 Å². The van der Waals surface area contributed by atoms with Crippen LogP contribution in [-0.4, -0.2) is 36.9 Å². The first-order chi connectivity index (χ1) is 11.7. The molecule has 0 fully saturated rings. The number of carbonyl (C=O) groups excluding carboxylic acids is 2. The molecule has 0 aliphatic heterocycles. The predicted molar refractivity (Wildman–Crippen MR) is 99.1 cm³/mol. The fourth-order valence-corrected chi connectivity index (χ4v) is 3.07. The molecule has 2 N–H and O–H groups in total. The van der Waals surface area contributed by atoms with Gasteiger partial charge in [-0.15, -0.1) is 0 Å². The van der Waals surface area contributed by atoms with Crippen LogP contribution in [-0.2, 0) is 15.3 Å². The molecule has 0 saturated heterocycles. The van der Waals surface area contributed by atoms with Gasteiger partial charge in [0, 0.05) is 18.1 Å². The number of amides is 2. The average molecular weight is 353 g/mol. The number of ether oxygens (including phenoxy) is 1. The first-order valence-corrected chi connectivity index (χ1v) is 9.65. The van der Waals surface area contributed by atoms with Gasteiger partial charge in [-0.1, -0.05) is 50.1 Å². The van der Waals surface area contributed by atoms with E-state index in [1.165, 1.54) is 5.56 Å². The third-order valence-corrected chi connectivity index (χ3v) is 4.44. The molecule has 0 spiro atoms. The highest BCUT2D eigenvalue weighted by atomic mass is 32.2. The average Bonchev–Trinajstić information content (AvgIpc) is 2.59. The Bertz CT molecular complexity index is 482. The molecule has 0 aliphatic carbocycles. The van der Waals surface area contributed by atoms with Crippen molar-refractivity contribution >= 4 is 23.8 Å². The van der Waals surface area contributed by atoms with E-state index in [4.69, 9.17) is 4.74 Å². The summed E-state index contributed by atoms with van der Waals surface area (Å²) in [5, 5.41) is 5.51. The second kappa shape index (κ2) is 12.7. The lowest BCUT2D eigenvalue weighted by Crippen LogP contribution is -2.48. The molecule has 0 radical (unpaired) electrons. The fourth-order valence-electron chi connectivity index (χ4n) is 2.07. The molecule has 1 aromatic rings. The molecule has 5 nitrogen and oxygen atoms in total. The lowest BCUT2D eigenvalue weighted by molar-refractivity contribution is -0.144. The molecule has 1 unspecified atom stereocenters. The minimum atomic E-state index is -0.634. The molecule has 0 aliphatic rings. The SMILES string of the molecule is CCCCCNC(=O)NC(CSCc1ccccc1)C(=O)OCC. The van der Waals surface area contributed by atoms with Crippen molar-refractivity contribution in [2.24, 2.45) is 0 Å². The molecule has 1 atom stereocenters. The third-order valence-electron chi connectivity index (χ3n) is 3.34. The van der Waals surface area contributed by atoms with E-state index in [0.29, 0.717) is 18.9 Å². The number of urea groups is 1. The van der Waals surface area contributed by atoms with Crippen LogP contribution >= 0.6 is 11.8 Å². The second-order valence-corrected chi connectivity index (χ2v) is 6.44. The molecule has 0 heterocycles. The van der Waals surface area contributed by atoms with Gasteiger partial charge in [-0.25, -0.2) is 9.59 Å². The summed E-state index contributed by atoms with van der Waals surface area (Å²) in [6.07, 6.45) is 3.12. The number of rotatable bonds is 11. The number of hydrogen-bond acceptors (Lipinski definition) is 4. The molecule has 134 valence electrons. The van der Waals surface area contributed by atoms with Crippen LogP contribution in [0.3, 0.4) is 0 Å². The van der Waals surface area contributed by atoms with Crippen molar-refractivity contribution in [1.82, 2.24) is 10.6 Å². The van der Waals surface area contributed by atoms with Gasteiger partial charge in [-0.2, -0.15) is 11.8 Å². The van der Waals surface area contributed by atoms with Crippen LogP contribution in [0.25, 0.3) is 0 Å². The van der Waals surface area contributed by atoms with Crippen molar-refractivity contribution in [2.75, 3.05) is 18.9 Å². The number of esters is 1. The molecule has 6 heteroatoms. The van der Waals surface area contributed by atoms with Crippen LogP contribution in [0.4, 0.5) is 4.79 Å². The zero-order chi connectivity index (χ0) is 17.6. The molecule has 1 aromatic carbocycles. The minimum Gasteiger partial charge on any atom is -0.464 e. The number of hydrogen-bond donors (Lipinski definition) is 2. The van der Waals surface area contributed by atoms with E-state index in [1.54, 1.807) is 18.7 Å². The Balaban J connectivity index is 2.42. The summed E-state index contributed by atoms with van der Waals surface area (Å²) in [6, 6.07) is 9.08. The Labute approximate surface area is 148 Å². The van der Waals surface area contributed by atoms with Gasteiger partial charge in [0.05, 0.1) is 6.61 Å². The van der Waals surface area contributed by atoms with Crippen LogP contribution in [0.15, 0.2) is 30.3 Å². The van der Waals surface area contributed by atoms with E-state index in [-0.39, 0.29) is 12.0 Å². The van der Waals surface area contributed by atoms with Gasteiger partial charge < -0.3 is 15.4 Å². The third kappa shape index (κ3) is 8.82. The van der Waals surface area contributed by atoms with Crippen LogP contribution in [0.5, 0.6) is 0 Å². The van der Waals surface area contributed by atoms with Crippen molar-refractivity contribution in [1.29, 1.82) is 0 Å². The maximum atomic E-state index is 12.0. The van der Waals surface area contributed by atoms with Crippen LogP contribution in [0.2, 0.25) is 0 Å². The highest BCUT2D eigenvalue weighted by molar-refractivity contribution is 7.98. The van der Waals surface area contributed by atoms with Crippen molar-refractivity contribution in [2.45, 2.75) is 44.9 Å². The van der Waals surface area contributed by atoms with Crippen molar-refractivity contribution < 1.29 is 14.3 Å². The Morgan fingerprint density at radius 2 is 1.92 bits per heavy atom. The summed E-state index contributed by atoms with van der Waals surface area (Å²) < 4.78 is 5.06. The van der Waals surface area contributed by atoms with Gasteiger partial charge in [-0.3, -0.25) is 0 Å². The monoisotopic (exact) mass is 352 g/mol. The number of benzene rings is 1. The van der Waals surface area contributed by atoms with Crippen molar-refractivity contribution in [3.8, 4) is 0 Å². The summed E-state index contributed by atoms with van der Waals surface area (Å²) in [7, 11) is 0. The van der Waals surface area contributed by atoms with Gasteiger partial charge in [0.25, 0.3) is 0 Å². The number of unbranched alkanes of at least 4 members (excludes halogenated alkanes) is 2. The molecule has 0 bridgehead atoms. The smallest absolute Gasteiger partial charge is 0.329 e. The fraction of sp³-hybridized carbons (Fsp3) is 0.556. The highest BCUT2D eigenvalue weighted by Gasteiger charge is 2.21. The van der Waals surface area contributed by atoms with Gasteiger partial charge in [0.2, 0.25) is 0 Å². The maximum absolute atomic E-state index is 12.0. The number of carbonyl (C=O) groups is 2. The lowest BCUT2D eigenvalue weighted by Gasteiger charge is -2.17. The quantitative estimate of drug-likeness (QED) is 0.473. The number of thioether (sulfide) groups is 1. The molecular weight excluding hydrogens is 324 g/mol. The lowest BCUT2D eigenvalue weighted by atomic mass is 10.2. The molecule has 0 saturated carbocycles. The van der Waals surface area contributed by atoms with Crippen molar-refractivity contribution in [3.05, 3.63) is 35.9 Å². The van der Waals surface area contributed by atoms with Crippen molar-refractivity contribution in [3.63, 3.8) is 0 Å². The zero-order valence-corrected chi connectivity index (χ0v) is 15.4. The van der Waals surface area contributed by atoms with Gasteiger partial charge >= 0.3 is 12.0 Å². The summed E-state index contributed by atoms with van der Waals surface area (Å²) in [5.41, 5.74) is 1.19. The Kier molecular flexibility index (Phi) is 10.8. The molecular formula is C18H28N2O3S. The Hall–Kier alpha value is -1.69. The predicted octanol–water partition coefficient (Wildman–Crippen LogP) is 3.34. The van der Waals surface area contributed by atoms with E-state index in [2.05, 4.69) is 17.6 Å². The molecule has 24 heavy (non-hydrogen) atoms. The first-order valence-electron chi connectivity index (χ1n) is 8.50. The largest absolute Gasteiger partial charge is 0.464 e. The highest BCUT2D eigenvalue weighted by Crippen LogP contribution is 2.13. The van der Waals surface area contributed by atoms with E-state index in [0.717, 1.165) is 25.0 Å². The standard InChI is InChI=1S/C18H28N2O3S/c1-3-5-9-12-19-18(22)20-16(17(21)23-4-2)14-24-13-15-10-7-6-8-11-15/h6-8,10-11,16H,3-5,9,12-14H2,1-2H3,(H2,19,20,22). The maximum Gasteiger partial charge on any atom is 0.329 e. The molecule has 0 aromatic heterocycles. The van der Waals surface area contributed by atoms with E-state index in [9.17, 15) is 9.59 Å². The van der Waals surface area contributed by atoms with E-state index < -0.39 is 6.04 Å². The molecule has 1 rings (SSSR count). The second-order valence-electron chi connectivity index (χ2n) is 5.41. The van der Waals surface area contributed by atoms with Crippen LogP contribution in [0.1, 0.15) is 38.7 Å². The summed E-state index contributed by atoms with van der Waals surface area (Å²) in [6.45, 7) is 4.79. The zero-order valence-electron chi connectivity index (χ0n) is 14.5. The Morgan fingerprint density at radius 3 is 2.58 bits per heavy atom. The van der Waals surface area contributed by atoms with Gasteiger partial charge in [0.15, 0.2) is 0 Å². The van der Waals surface area contributed by atoms with Crippen LogP contribution < -0.4 is 10.6 Å². The van der Waals surface area contributed by atoms with Gasteiger partial charge in [-0.05, 0) is 18.9 Å². The summed E-state index contributed by atoms with van der Waals surface area (Å²) in [4.78, 5) is 23.9. The normalized spacial score (nSPS) is 11.6. The summed E-state index contributed by atoms with van der Waals surface area (Å²) >= 11 is 1.60. The minimum absolute atomic E-state index is 0.304. The molecule has 2 amide bonds. The first kappa shape index (κ1) is 20.4. The number of nitrogens with one attached hydrogen (secondary N) is 2. The summed E-state index contributed by atoms with van der Waals surface area (Å²) in [5.74, 6) is 0.883.